The summed E-state index contributed by atoms with van der Waals surface area (Å²) >= 11 is 0. The maximum absolute atomic E-state index is 9.33. The van der Waals surface area contributed by atoms with E-state index in [4.69, 9.17) is 13.9 Å². The molecule has 0 spiro atoms. The average molecular weight is 411 g/mol. The predicted molar refractivity (Wildman–Crippen MR) is 117 cm³/mol. The summed E-state index contributed by atoms with van der Waals surface area (Å²) in [6.45, 7) is 8.41. The minimum absolute atomic E-state index is 0.0629. The van der Waals surface area contributed by atoms with E-state index in [1.54, 1.807) is 6.26 Å². The van der Waals surface area contributed by atoms with Crippen molar-refractivity contribution in [3.63, 3.8) is 0 Å². The number of aryl methyl sites for hydroxylation is 4. The Balaban J connectivity index is 2.28. The molecule has 2 N–H and O–H groups in total. The van der Waals surface area contributed by atoms with Crippen molar-refractivity contribution in [1.29, 1.82) is 0 Å². The molecule has 0 saturated heterocycles. The molecule has 0 radical (unpaired) electrons. The first kappa shape index (κ1) is 21.9. The Morgan fingerprint density at radius 3 is 1.70 bits per heavy atom. The summed E-state index contributed by atoms with van der Waals surface area (Å²) < 4.78 is 17.8. The second-order valence-corrected chi connectivity index (χ2v) is 7.59. The van der Waals surface area contributed by atoms with E-state index in [0.29, 0.717) is 0 Å². The van der Waals surface area contributed by atoms with Gasteiger partial charge in [-0.2, -0.15) is 0 Å². The van der Waals surface area contributed by atoms with Crippen LogP contribution < -0.4 is 9.47 Å². The van der Waals surface area contributed by atoms with Crippen molar-refractivity contribution in [2.75, 3.05) is 26.4 Å². The molecule has 2 aromatic carbocycles. The molecule has 0 atom stereocenters. The number of furan rings is 1. The first-order valence-electron chi connectivity index (χ1n) is 10.2. The van der Waals surface area contributed by atoms with Crippen LogP contribution in [0.3, 0.4) is 0 Å². The molecule has 0 aliphatic heterocycles. The van der Waals surface area contributed by atoms with Gasteiger partial charge in [-0.25, -0.2) is 0 Å². The molecule has 0 amide bonds. The number of hydrogen-bond acceptors (Lipinski definition) is 5. The van der Waals surface area contributed by atoms with Gasteiger partial charge in [0, 0.05) is 11.1 Å². The van der Waals surface area contributed by atoms with E-state index in [2.05, 4.69) is 38.1 Å². The van der Waals surface area contributed by atoms with Gasteiger partial charge in [-0.05, 0) is 51.0 Å². The first-order valence-corrected chi connectivity index (χ1v) is 10.2. The Labute approximate surface area is 177 Å². The van der Waals surface area contributed by atoms with Crippen LogP contribution in [-0.4, -0.2) is 36.6 Å². The number of aliphatic hydroxyl groups excluding tert-OH is 2. The van der Waals surface area contributed by atoms with Gasteiger partial charge in [0.1, 0.15) is 30.5 Å². The van der Waals surface area contributed by atoms with Crippen LogP contribution in [0.4, 0.5) is 0 Å². The Hall–Kier alpha value is -2.76. The fraction of sp³-hybridized carbons (Fsp3) is 0.360. The molecule has 1 heterocycles. The van der Waals surface area contributed by atoms with Gasteiger partial charge in [0.05, 0.1) is 25.4 Å². The molecular weight excluding hydrogens is 380 g/mol. The molecule has 0 unspecified atom stereocenters. The Kier molecular flexibility index (Phi) is 7.19. The van der Waals surface area contributed by atoms with Crippen LogP contribution in [0.15, 0.2) is 47.1 Å². The zero-order valence-corrected chi connectivity index (χ0v) is 18.1. The van der Waals surface area contributed by atoms with E-state index < -0.39 is 0 Å². The number of ether oxygens (including phenoxy) is 2. The lowest BCUT2D eigenvalue weighted by Gasteiger charge is -2.25. The number of hydrogen-bond donors (Lipinski definition) is 2. The van der Waals surface area contributed by atoms with Crippen LogP contribution in [0.5, 0.6) is 11.5 Å². The van der Waals surface area contributed by atoms with E-state index in [0.717, 1.165) is 50.6 Å². The van der Waals surface area contributed by atoms with Gasteiger partial charge in [-0.1, -0.05) is 35.4 Å². The van der Waals surface area contributed by atoms with Crippen molar-refractivity contribution in [3.05, 3.63) is 81.8 Å². The van der Waals surface area contributed by atoms with Crippen LogP contribution in [-0.2, 0) is 0 Å². The molecule has 5 heteroatoms. The van der Waals surface area contributed by atoms with Crippen LogP contribution >= 0.6 is 0 Å². The monoisotopic (exact) mass is 410 g/mol. The van der Waals surface area contributed by atoms with Gasteiger partial charge in [-0.3, -0.25) is 0 Å². The highest BCUT2D eigenvalue weighted by Gasteiger charge is 2.28. The third kappa shape index (κ3) is 4.69. The second-order valence-electron chi connectivity index (χ2n) is 7.59. The Morgan fingerprint density at radius 1 is 0.800 bits per heavy atom. The highest BCUT2D eigenvalue weighted by molar-refractivity contribution is 5.57. The van der Waals surface area contributed by atoms with Crippen molar-refractivity contribution in [2.24, 2.45) is 0 Å². The maximum Gasteiger partial charge on any atom is 0.126 e. The van der Waals surface area contributed by atoms with E-state index >= 15 is 0 Å². The molecule has 1 aromatic heterocycles. The number of aliphatic hydroxyl groups is 2. The molecule has 5 nitrogen and oxygen atoms in total. The largest absolute Gasteiger partial charge is 0.491 e. The quantitative estimate of drug-likeness (QED) is 0.546. The number of benzene rings is 2. The Bertz CT molecular complexity index is 912. The topological polar surface area (TPSA) is 72.1 Å². The van der Waals surface area contributed by atoms with Crippen molar-refractivity contribution in [1.82, 2.24) is 0 Å². The molecule has 3 aromatic rings. The molecular formula is C25H30O5. The van der Waals surface area contributed by atoms with Crippen molar-refractivity contribution in [3.8, 4) is 11.5 Å². The van der Waals surface area contributed by atoms with Gasteiger partial charge in [0.15, 0.2) is 0 Å². The van der Waals surface area contributed by atoms with E-state index in [-0.39, 0.29) is 32.3 Å². The summed E-state index contributed by atoms with van der Waals surface area (Å²) in [5, 5.41) is 18.7. The Morgan fingerprint density at radius 2 is 1.30 bits per heavy atom. The minimum Gasteiger partial charge on any atom is -0.491 e. The normalized spacial score (nSPS) is 11.2. The zero-order chi connectivity index (χ0) is 21.7. The summed E-state index contributed by atoms with van der Waals surface area (Å²) in [5.74, 6) is 1.99. The molecule has 0 fully saturated rings. The summed E-state index contributed by atoms with van der Waals surface area (Å²) in [5.41, 5.74) is 6.12. The highest BCUT2D eigenvalue weighted by atomic mass is 16.5. The second kappa shape index (κ2) is 9.83. The summed E-state index contributed by atoms with van der Waals surface area (Å²) in [7, 11) is 0. The van der Waals surface area contributed by atoms with Gasteiger partial charge >= 0.3 is 0 Å². The summed E-state index contributed by atoms with van der Waals surface area (Å²) in [6, 6.07) is 12.2. The molecule has 0 aliphatic rings. The minimum atomic E-state index is -0.264. The lowest BCUT2D eigenvalue weighted by Crippen LogP contribution is -2.13. The van der Waals surface area contributed by atoms with Crippen molar-refractivity contribution >= 4 is 0 Å². The van der Waals surface area contributed by atoms with E-state index in [9.17, 15) is 10.2 Å². The molecule has 0 bridgehead atoms. The van der Waals surface area contributed by atoms with Crippen LogP contribution in [0.1, 0.15) is 45.1 Å². The van der Waals surface area contributed by atoms with Crippen LogP contribution in [0, 0.1) is 27.7 Å². The van der Waals surface area contributed by atoms with Crippen LogP contribution in [0.2, 0.25) is 0 Å². The maximum atomic E-state index is 9.33. The molecule has 0 saturated carbocycles. The lowest BCUT2D eigenvalue weighted by molar-refractivity contribution is 0.197. The van der Waals surface area contributed by atoms with Crippen molar-refractivity contribution < 1.29 is 24.1 Å². The molecule has 0 aliphatic carbocycles. The standard InChI is InChI=1S/C25H30O5/c1-16-12-18(3)24(29-10-7-26)20(14-16)23(22-6-5-9-28-22)21-15-17(2)13-19(4)25(21)30-11-8-27/h5-6,9,12-15,23,26-27H,7-8,10-11H2,1-4H3. The fourth-order valence-electron chi connectivity index (χ4n) is 4.02. The summed E-state index contributed by atoms with van der Waals surface area (Å²) in [4.78, 5) is 0. The average Bonchev–Trinajstić information content (AvgIpc) is 3.21. The predicted octanol–water partition coefficient (Wildman–Crippen LogP) is 4.44. The van der Waals surface area contributed by atoms with Crippen molar-refractivity contribution in [2.45, 2.75) is 33.6 Å². The number of rotatable bonds is 9. The van der Waals surface area contributed by atoms with Crippen LogP contribution in [0.25, 0.3) is 0 Å². The molecule has 160 valence electrons. The molecule has 30 heavy (non-hydrogen) atoms. The van der Waals surface area contributed by atoms with E-state index in [1.807, 2.05) is 26.0 Å². The summed E-state index contributed by atoms with van der Waals surface area (Å²) in [6.07, 6.45) is 1.66. The van der Waals surface area contributed by atoms with Gasteiger partial charge in [-0.15, -0.1) is 0 Å². The van der Waals surface area contributed by atoms with E-state index in [1.165, 1.54) is 0 Å². The molecule has 3 rings (SSSR count). The zero-order valence-electron chi connectivity index (χ0n) is 18.1. The first-order chi connectivity index (χ1) is 14.5. The lowest BCUT2D eigenvalue weighted by atomic mass is 9.84. The van der Waals surface area contributed by atoms with Gasteiger partial charge in [0.2, 0.25) is 0 Å². The van der Waals surface area contributed by atoms with Gasteiger partial charge < -0.3 is 24.1 Å². The van der Waals surface area contributed by atoms with Gasteiger partial charge in [0.25, 0.3) is 0 Å². The fourth-order valence-corrected chi connectivity index (χ4v) is 4.02. The smallest absolute Gasteiger partial charge is 0.126 e. The third-order valence-electron chi connectivity index (χ3n) is 5.02. The SMILES string of the molecule is Cc1cc(C)c(OCCO)c(C(c2ccco2)c2cc(C)cc(C)c2OCCO)c1. The highest BCUT2D eigenvalue weighted by Crippen LogP contribution is 2.44. The third-order valence-corrected chi connectivity index (χ3v) is 5.02.